The molecule has 2 heterocycles. The van der Waals surface area contributed by atoms with E-state index in [4.69, 9.17) is 5.73 Å². The summed E-state index contributed by atoms with van der Waals surface area (Å²) >= 11 is 1.43. The lowest BCUT2D eigenvalue weighted by molar-refractivity contribution is 0.836. The predicted octanol–water partition coefficient (Wildman–Crippen LogP) is 1.92. The molecule has 0 bridgehead atoms. The van der Waals surface area contributed by atoms with Crippen LogP contribution in [0.4, 0.5) is 5.69 Å². The van der Waals surface area contributed by atoms with Gasteiger partial charge in [-0.2, -0.15) is 15.0 Å². The summed E-state index contributed by atoms with van der Waals surface area (Å²) in [5, 5.41) is 23.6. The lowest BCUT2D eigenvalue weighted by Gasteiger charge is -2.09. The number of fused-ring (bicyclic) bond motifs is 1. The smallest absolute Gasteiger partial charge is 0.293 e. The molecule has 7 nitrogen and oxygen atoms in total. The highest BCUT2D eigenvalue weighted by molar-refractivity contribution is 7.99. The molecule has 0 aliphatic carbocycles. The van der Waals surface area contributed by atoms with Crippen LogP contribution < -0.4 is 11.3 Å². The van der Waals surface area contributed by atoms with E-state index in [1.54, 1.807) is 10.6 Å². The Hall–Kier alpha value is -3.23. The first-order chi connectivity index (χ1) is 11.6. The van der Waals surface area contributed by atoms with E-state index in [0.717, 1.165) is 16.0 Å². The number of nitrogen functional groups attached to an aromatic ring is 1. The van der Waals surface area contributed by atoms with Gasteiger partial charge in [-0.3, -0.25) is 9.36 Å². The molecule has 3 rings (SSSR count). The number of pyridine rings is 1. The predicted molar refractivity (Wildman–Crippen MR) is 91.0 cm³/mol. The van der Waals surface area contributed by atoms with Crippen molar-refractivity contribution in [2.24, 2.45) is 0 Å². The van der Waals surface area contributed by atoms with Gasteiger partial charge in [0.1, 0.15) is 23.3 Å². The van der Waals surface area contributed by atoms with Gasteiger partial charge in [0.15, 0.2) is 10.8 Å². The van der Waals surface area contributed by atoms with Crippen LogP contribution >= 0.6 is 11.8 Å². The molecular weight excluding hydrogens is 324 g/mol. The molecule has 0 atom stereocenters. The third-order valence-corrected chi connectivity index (χ3v) is 4.28. The molecular formula is C16H12N6OS. The molecule has 0 fully saturated rings. The maximum absolute atomic E-state index is 12.5. The summed E-state index contributed by atoms with van der Waals surface area (Å²) in [6.45, 7) is 1.96. The fraction of sp³-hybridized carbons (Fsp3) is 0.125. The van der Waals surface area contributed by atoms with Crippen LogP contribution in [0.5, 0.6) is 0 Å². The number of nitriles is 2. The lowest BCUT2D eigenvalue weighted by Crippen LogP contribution is -2.21. The number of anilines is 1. The van der Waals surface area contributed by atoms with Crippen molar-refractivity contribution in [2.45, 2.75) is 12.1 Å². The summed E-state index contributed by atoms with van der Waals surface area (Å²) in [7, 11) is 0. The zero-order valence-corrected chi connectivity index (χ0v) is 13.5. The molecule has 0 saturated carbocycles. The standard InChI is InChI=1S/C16H12N6OS/c1-2-24-16-20-22-14(21(16)10-6-4-3-5-7-10)11(8-17)13(19)12(9-18)15(22)23/h3-7H,2,19H2,1H3. The van der Waals surface area contributed by atoms with Crippen molar-refractivity contribution in [2.75, 3.05) is 11.5 Å². The van der Waals surface area contributed by atoms with Gasteiger partial charge in [0.25, 0.3) is 5.56 Å². The number of hydrogen-bond donors (Lipinski definition) is 1. The molecule has 1 aromatic carbocycles. The Labute approximate surface area is 141 Å². The monoisotopic (exact) mass is 336 g/mol. The molecule has 2 N–H and O–H groups in total. The summed E-state index contributed by atoms with van der Waals surface area (Å²) in [6.07, 6.45) is 0. The van der Waals surface area contributed by atoms with Crippen LogP contribution in [0.15, 0.2) is 40.3 Å². The van der Waals surface area contributed by atoms with Crippen LogP contribution in [-0.2, 0) is 0 Å². The molecule has 0 amide bonds. The molecule has 8 heteroatoms. The molecule has 24 heavy (non-hydrogen) atoms. The maximum Gasteiger partial charge on any atom is 0.293 e. The fourth-order valence-corrected chi connectivity index (χ4v) is 3.16. The molecule has 2 aromatic heterocycles. The van der Waals surface area contributed by atoms with E-state index in [-0.39, 0.29) is 22.5 Å². The quantitative estimate of drug-likeness (QED) is 0.731. The maximum atomic E-state index is 12.5. The van der Waals surface area contributed by atoms with E-state index in [2.05, 4.69) is 5.10 Å². The van der Waals surface area contributed by atoms with Gasteiger partial charge >= 0.3 is 0 Å². The van der Waals surface area contributed by atoms with Crippen LogP contribution in [-0.4, -0.2) is 19.9 Å². The number of rotatable bonds is 3. The van der Waals surface area contributed by atoms with E-state index in [1.807, 2.05) is 43.3 Å². The third kappa shape index (κ3) is 2.21. The van der Waals surface area contributed by atoms with Gasteiger partial charge in [0.05, 0.1) is 5.69 Å². The largest absolute Gasteiger partial charge is 0.396 e. The summed E-state index contributed by atoms with van der Waals surface area (Å²) in [5.74, 6) is 0.730. The number of benzene rings is 1. The number of aromatic nitrogens is 3. The minimum Gasteiger partial charge on any atom is -0.396 e. The Morgan fingerprint density at radius 1 is 1.21 bits per heavy atom. The number of para-hydroxylation sites is 1. The molecule has 0 aliphatic rings. The van der Waals surface area contributed by atoms with Crippen molar-refractivity contribution in [1.29, 1.82) is 10.5 Å². The average molecular weight is 336 g/mol. The van der Waals surface area contributed by atoms with Crippen LogP contribution in [0.2, 0.25) is 0 Å². The van der Waals surface area contributed by atoms with E-state index < -0.39 is 5.56 Å². The molecule has 0 saturated heterocycles. The Kier molecular flexibility index (Phi) is 3.98. The SMILES string of the molecule is CCSc1nn2c(=O)c(C#N)c(N)c(C#N)c2n1-c1ccccc1. The first kappa shape index (κ1) is 15.7. The Morgan fingerprint density at radius 3 is 2.46 bits per heavy atom. The van der Waals surface area contributed by atoms with E-state index in [0.29, 0.717) is 5.16 Å². The first-order valence-corrected chi connectivity index (χ1v) is 8.08. The molecule has 118 valence electrons. The molecule has 3 aromatic rings. The molecule has 0 unspecified atom stereocenters. The minimum absolute atomic E-state index is 0.0606. The summed E-state index contributed by atoms with van der Waals surface area (Å²) in [5.41, 5.74) is 5.96. The molecule has 0 spiro atoms. The lowest BCUT2D eigenvalue weighted by atomic mass is 10.1. The Morgan fingerprint density at radius 2 is 1.88 bits per heavy atom. The highest BCUT2D eigenvalue weighted by atomic mass is 32.2. The average Bonchev–Trinajstić information content (AvgIpc) is 2.96. The van der Waals surface area contributed by atoms with Gasteiger partial charge in [0.2, 0.25) is 0 Å². The number of nitrogens with zero attached hydrogens (tertiary/aromatic N) is 5. The molecule has 0 aliphatic heterocycles. The summed E-state index contributed by atoms with van der Waals surface area (Å²) in [4.78, 5) is 12.5. The number of thioether (sulfide) groups is 1. The normalized spacial score (nSPS) is 10.5. The topological polar surface area (TPSA) is 113 Å². The minimum atomic E-state index is -0.628. The van der Waals surface area contributed by atoms with Gasteiger partial charge < -0.3 is 5.73 Å². The van der Waals surface area contributed by atoms with Crippen molar-refractivity contribution < 1.29 is 0 Å². The van der Waals surface area contributed by atoms with Crippen LogP contribution in [0.25, 0.3) is 11.3 Å². The van der Waals surface area contributed by atoms with Crippen molar-refractivity contribution in [3.05, 3.63) is 51.8 Å². The van der Waals surface area contributed by atoms with E-state index >= 15 is 0 Å². The first-order valence-electron chi connectivity index (χ1n) is 7.09. The zero-order chi connectivity index (χ0) is 17.3. The Bertz CT molecular complexity index is 1070. The van der Waals surface area contributed by atoms with Crippen molar-refractivity contribution in [3.8, 4) is 17.8 Å². The summed E-state index contributed by atoms with van der Waals surface area (Å²) in [6, 6.07) is 13.0. The zero-order valence-electron chi connectivity index (χ0n) is 12.7. The van der Waals surface area contributed by atoms with Crippen molar-refractivity contribution in [3.63, 3.8) is 0 Å². The second-order valence-corrected chi connectivity index (χ2v) is 6.05. The van der Waals surface area contributed by atoms with Crippen LogP contribution in [0, 0.1) is 22.7 Å². The van der Waals surface area contributed by atoms with Gasteiger partial charge in [-0.25, -0.2) is 0 Å². The second kappa shape index (κ2) is 6.11. The van der Waals surface area contributed by atoms with E-state index in [9.17, 15) is 15.3 Å². The van der Waals surface area contributed by atoms with Crippen LogP contribution in [0.3, 0.4) is 0 Å². The van der Waals surface area contributed by atoms with Crippen molar-refractivity contribution in [1.82, 2.24) is 14.2 Å². The number of hydrogen-bond acceptors (Lipinski definition) is 6. The fourth-order valence-electron chi connectivity index (χ4n) is 2.44. The molecule has 0 radical (unpaired) electrons. The van der Waals surface area contributed by atoms with Gasteiger partial charge in [-0.1, -0.05) is 36.9 Å². The van der Waals surface area contributed by atoms with Gasteiger partial charge in [-0.05, 0) is 17.9 Å². The van der Waals surface area contributed by atoms with E-state index in [1.165, 1.54) is 11.8 Å². The Balaban J connectivity index is 2.56. The van der Waals surface area contributed by atoms with Gasteiger partial charge in [0, 0.05) is 5.69 Å². The highest BCUT2D eigenvalue weighted by Gasteiger charge is 2.23. The van der Waals surface area contributed by atoms with Gasteiger partial charge in [-0.15, -0.1) is 5.10 Å². The van der Waals surface area contributed by atoms with Crippen LogP contribution in [0.1, 0.15) is 18.1 Å². The third-order valence-electron chi connectivity index (χ3n) is 3.47. The second-order valence-electron chi connectivity index (χ2n) is 4.81. The highest BCUT2D eigenvalue weighted by Crippen LogP contribution is 2.27. The summed E-state index contributed by atoms with van der Waals surface area (Å²) < 4.78 is 2.80. The number of nitrogens with two attached hydrogens (primary N) is 1. The van der Waals surface area contributed by atoms with Crippen molar-refractivity contribution >= 4 is 23.1 Å².